The fraction of sp³-hybridized carbons (Fsp3) is 1.00. The first-order chi connectivity index (χ1) is 6.81. The molecule has 86 valence electrons. The van der Waals surface area contributed by atoms with Crippen LogP contribution in [-0.4, -0.2) is 43.9 Å². The molecule has 0 unspecified atom stereocenters. The molecule has 0 atom stereocenters. The highest BCUT2D eigenvalue weighted by Crippen LogP contribution is 1.89. The molecule has 0 bridgehead atoms. The highest BCUT2D eigenvalue weighted by Gasteiger charge is 1.99. The topological polar surface area (TPSA) is 54.0 Å². The van der Waals surface area contributed by atoms with E-state index in [4.69, 9.17) is 17.8 Å². The van der Waals surface area contributed by atoms with Crippen molar-refractivity contribution in [2.75, 3.05) is 39.6 Å². The Labute approximate surface area is 87.5 Å². The molecule has 0 heterocycles. The second-order valence-corrected chi connectivity index (χ2v) is 3.12. The van der Waals surface area contributed by atoms with E-state index >= 15 is 0 Å². The largest absolute Gasteiger partial charge is 0.379 e. The van der Waals surface area contributed by atoms with E-state index < -0.39 is 11.4 Å². The molecule has 0 spiro atoms. The van der Waals surface area contributed by atoms with Gasteiger partial charge in [-0.2, -0.15) is 4.21 Å². The molecular weight excluding hydrogens is 208 g/mol. The fourth-order valence-electron chi connectivity index (χ4n) is 0.645. The van der Waals surface area contributed by atoms with E-state index in [9.17, 15) is 4.21 Å². The molecule has 0 aromatic rings. The maximum Gasteiger partial charge on any atom is 0.304 e. The second kappa shape index (κ2) is 11.1. The third-order valence-corrected chi connectivity index (χ3v) is 1.94. The van der Waals surface area contributed by atoms with Gasteiger partial charge in [0.05, 0.1) is 26.4 Å². The zero-order valence-corrected chi connectivity index (χ0v) is 9.51. The van der Waals surface area contributed by atoms with Crippen molar-refractivity contribution in [2.45, 2.75) is 13.8 Å². The number of hydrogen-bond donors (Lipinski definition) is 0. The van der Waals surface area contributed by atoms with Crippen molar-refractivity contribution < 1.29 is 22.0 Å². The van der Waals surface area contributed by atoms with Crippen molar-refractivity contribution in [3.05, 3.63) is 0 Å². The van der Waals surface area contributed by atoms with Crippen LogP contribution in [0.15, 0.2) is 0 Å². The molecule has 0 aliphatic heterocycles. The molecule has 0 aliphatic carbocycles. The lowest BCUT2D eigenvalue weighted by atomic mass is 10.8. The van der Waals surface area contributed by atoms with Gasteiger partial charge in [-0.05, 0) is 13.8 Å². The van der Waals surface area contributed by atoms with Crippen LogP contribution in [0.2, 0.25) is 0 Å². The molecule has 0 N–H and O–H groups in total. The molecule has 0 fully saturated rings. The average Bonchev–Trinajstić information content (AvgIpc) is 2.19. The highest BCUT2D eigenvalue weighted by atomic mass is 32.2. The summed E-state index contributed by atoms with van der Waals surface area (Å²) in [5.41, 5.74) is 0. The van der Waals surface area contributed by atoms with E-state index in [1.807, 2.05) is 13.8 Å². The first-order valence-electron chi connectivity index (χ1n) is 4.65. The molecule has 0 saturated heterocycles. The first kappa shape index (κ1) is 14.0. The van der Waals surface area contributed by atoms with Crippen molar-refractivity contribution in [2.24, 2.45) is 0 Å². The van der Waals surface area contributed by atoms with E-state index in [0.29, 0.717) is 26.4 Å². The summed E-state index contributed by atoms with van der Waals surface area (Å²) < 4.78 is 30.5. The summed E-state index contributed by atoms with van der Waals surface area (Å²) >= 11 is -1.69. The average molecular weight is 226 g/mol. The van der Waals surface area contributed by atoms with Crippen LogP contribution < -0.4 is 0 Å². The van der Waals surface area contributed by atoms with Gasteiger partial charge in [-0.15, -0.1) is 0 Å². The Kier molecular flexibility index (Phi) is 11.1. The van der Waals surface area contributed by atoms with Gasteiger partial charge < -0.3 is 9.47 Å². The standard InChI is InChI=1S/C8H18O5S/c1-3-10-5-7-12-14(9)13-8-6-11-4-2/h3-8H2,1-2H3. The van der Waals surface area contributed by atoms with Crippen LogP contribution in [0.3, 0.4) is 0 Å². The van der Waals surface area contributed by atoms with E-state index in [-0.39, 0.29) is 13.2 Å². The van der Waals surface area contributed by atoms with Crippen LogP contribution in [0.4, 0.5) is 0 Å². The Balaban J connectivity index is 3.11. The molecule has 5 nitrogen and oxygen atoms in total. The molecule has 6 heteroatoms. The number of rotatable bonds is 10. The normalized spacial score (nSPS) is 11.1. The van der Waals surface area contributed by atoms with Gasteiger partial charge in [-0.3, -0.25) is 8.37 Å². The van der Waals surface area contributed by atoms with Gasteiger partial charge in [0.1, 0.15) is 0 Å². The predicted octanol–water partition coefficient (Wildman–Crippen LogP) is 0.671. The highest BCUT2D eigenvalue weighted by molar-refractivity contribution is 7.75. The van der Waals surface area contributed by atoms with Crippen molar-refractivity contribution in [3.63, 3.8) is 0 Å². The van der Waals surface area contributed by atoms with E-state index in [1.165, 1.54) is 0 Å². The SMILES string of the molecule is CCOCCOS(=O)OCCOCC. The summed E-state index contributed by atoms with van der Waals surface area (Å²) in [4.78, 5) is 0. The van der Waals surface area contributed by atoms with Gasteiger partial charge in [0.2, 0.25) is 0 Å². The van der Waals surface area contributed by atoms with Crippen LogP contribution in [0, 0.1) is 0 Å². The summed E-state index contributed by atoms with van der Waals surface area (Å²) in [6, 6.07) is 0. The lowest BCUT2D eigenvalue weighted by molar-refractivity contribution is 0.0935. The lowest BCUT2D eigenvalue weighted by Crippen LogP contribution is -2.11. The Bertz CT molecular complexity index is 128. The van der Waals surface area contributed by atoms with Crippen LogP contribution in [0.25, 0.3) is 0 Å². The Hall–Kier alpha value is -0.0100. The molecule has 0 aromatic heterocycles. The predicted molar refractivity (Wildman–Crippen MR) is 53.0 cm³/mol. The van der Waals surface area contributed by atoms with Crippen molar-refractivity contribution in [1.82, 2.24) is 0 Å². The number of ether oxygens (including phenoxy) is 2. The van der Waals surface area contributed by atoms with Crippen LogP contribution in [-0.2, 0) is 29.2 Å². The Morgan fingerprint density at radius 1 is 0.857 bits per heavy atom. The van der Waals surface area contributed by atoms with Gasteiger partial charge >= 0.3 is 11.4 Å². The quantitative estimate of drug-likeness (QED) is 0.512. The van der Waals surface area contributed by atoms with Gasteiger partial charge in [-0.1, -0.05) is 0 Å². The zero-order valence-electron chi connectivity index (χ0n) is 8.69. The molecule has 0 amide bonds. The van der Waals surface area contributed by atoms with Crippen LogP contribution >= 0.6 is 0 Å². The minimum Gasteiger partial charge on any atom is -0.379 e. The van der Waals surface area contributed by atoms with E-state index in [1.54, 1.807) is 0 Å². The molecule has 14 heavy (non-hydrogen) atoms. The third-order valence-electron chi connectivity index (χ3n) is 1.22. The van der Waals surface area contributed by atoms with Crippen molar-refractivity contribution in [1.29, 1.82) is 0 Å². The summed E-state index contributed by atoms with van der Waals surface area (Å²) in [6.45, 7) is 6.42. The maximum atomic E-state index is 10.9. The fourth-order valence-corrected chi connectivity index (χ4v) is 1.12. The molecule has 0 rings (SSSR count). The second-order valence-electron chi connectivity index (χ2n) is 2.24. The minimum absolute atomic E-state index is 0.273. The van der Waals surface area contributed by atoms with Crippen LogP contribution in [0.1, 0.15) is 13.8 Å². The Morgan fingerprint density at radius 2 is 1.29 bits per heavy atom. The van der Waals surface area contributed by atoms with Gasteiger partial charge in [0.25, 0.3) is 0 Å². The van der Waals surface area contributed by atoms with E-state index in [0.717, 1.165) is 0 Å². The van der Waals surface area contributed by atoms with Gasteiger partial charge in [0, 0.05) is 13.2 Å². The summed E-state index contributed by atoms with van der Waals surface area (Å²) in [7, 11) is 0. The summed E-state index contributed by atoms with van der Waals surface area (Å²) in [5, 5.41) is 0. The maximum absolute atomic E-state index is 10.9. The zero-order chi connectivity index (χ0) is 10.6. The van der Waals surface area contributed by atoms with Crippen molar-refractivity contribution in [3.8, 4) is 0 Å². The Morgan fingerprint density at radius 3 is 1.64 bits per heavy atom. The van der Waals surface area contributed by atoms with Crippen molar-refractivity contribution >= 4 is 11.4 Å². The monoisotopic (exact) mass is 226 g/mol. The van der Waals surface area contributed by atoms with Gasteiger partial charge in [0.15, 0.2) is 0 Å². The van der Waals surface area contributed by atoms with E-state index in [2.05, 4.69) is 0 Å². The first-order valence-corrected chi connectivity index (χ1v) is 5.65. The molecule has 0 saturated carbocycles. The number of hydrogen-bond acceptors (Lipinski definition) is 5. The molecule has 0 aliphatic rings. The molecule has 0 radical (unpaired) electrons. The molecule has 0 aromatic carbocycles. The third kappa shape index (κ3) is 10.1. The summed E-state index contributed by atoms with van der Waals surface area (Å²) in [5.74, 6) is 0. The molecular formula is C8H18O5S. The summed E-state index contributed by atoms with van der Waals surface area (Å²) in [6.07, 6.45) is 0. The minimum atomic E-state index is -1.69. The smallest absolute Gasteiger partial charge is 0.304 e. The lowest BCUT2D eigenvalue weighted by Gasteiger charge is -2.04. The van der Waals surface area contributed by atoms with Gasteiger partial charge in [-0.25, -0.2) is 0 Å². The van der Waals surface area contributed by atoms with Crippen LogP contribution in [0.5, 0.6) is 0 Å².